The molecule has 0 saturated heterocycles. The van der Waals surface area contributed by atoms with Crippen LogP contribution in [0.1, 0.15) is 0 Å². The SMILES string of the molecule is O=S(=O)(Nc1cc(F)cc(F)c1)C(F)(F)C(F)(F)C(F)(F)C(F)(F)F. The summed E-state index contributed by atoms with van der Waals surface area (Å²) in [5.74, 6) is -18.1. The molecule has 3 nitrogen and oxygen atoms in total. The molecule has 0 bridgehead atoms. The van der Waals surface area contributed by atoms with Crippen LogP contribution < -0.4 is 4.72 Å². The summed E-state index contributed by atoms with van der Waals surface area (Å²) >= 11 is 0. The van der Waals surface area contributed by atoms with Gasteiger partial charge in [-0.15, -0.1) is 0 Å². The maximum absolute atomic E-state index is 13.3. The third-order valence-electron chi connectivity index (χ3n) is 2.57. The van der Waals surface area contributed by atoms with Gasteiger partial charge in [0.15, 0.2) is 0 Å². The first-order valence-electron chi connectivity index (χ1n) is 5.55. The second-order valence-corrected chi connectivity index (χ2v) is 6.15. The molecule has 0 spiro atoms. The van der Waals surface area contributed by atoms with Crippen LogP contribution in [0, 0.1) is 11.6 Å². The van der Waals surface area contributed by atoms with Crippen LogP contribution in [0.15, 0.2) is 18.2 Å². The van der Waals surface area contributed by atoms with E-state index in [2.05, 4.69) is 0 Å². The smallest absolute Gasteiger partial charge is 0.278 e. The number of rotatable bonds is 5. The number of nitrogens with one attached hydrogen (secondary N) is 1. The number of alkyl halides is 9. The first-order chi connectivity index (χ1) is 10.9. The zero-order valence-electron chi connectivity index (χ0n) is 11.1. The Morgan fingerprint density at radius 2 is 1.12 bits per heavy atom. The number of benzene rings is 1. The second kappa shape index (κ2) is 5.88. The summed E-state index contributed by atoms with van der Waals surface area (Å²) in [4.78, 5) is 0. The molecule has 0 saturated carbocycles. The molecule has 0 atom stereocenters. The van der Waals surface area contributed by atoms with E-state index in [1.807, 2.05) is 0 Å². The van der Waals surface area contributed by atoms with Crippen LogP contribution in [0.2, 0.25) is 0 Å². The van der Waals surface area contributed by atoms with Crippen LogP contribution in [-0.2, 0) is 10.0 Å². The molecule has 1 rings (SSSR count). The minimum atomic E-state index is -7.45. The van der Waals surface area contributed by atoms with Gasteiger partial charge in [-0.3, -0.25) is 4.72 Å². The molecule has 25 heavy (non-hydrogen) atoms. The average molecular weight is 411 g/mol. The average Bonchev–Trinajstić information content (AvgIpc) is 2.34. The first-order valence-corrected chi connectivity index (χ1v) is 7.04. The Labute approximate surface area is 131 Å². The largest absolute Gasteiger partial charge is 0.460 e. The van der Waals surface area contributed by atoms with Gasteiger partial charge in [-0.1, -0.05) is 0 Å². The minimum absolute atomic E-state index is 0.0171. The van der Waals surface area contributed by atoms with Gasteiger partial charge < -0.3 is 0 Å². The molecule has 0 heterocycles. The highest BCUT2D eigenvalue weighted by molar-refractivity contribution is 7.93. The van der Waals surface area contributed by atoms with Gasteiger partial charge in [-0.2, -0.15) is 47.9 Å². The predicted octanol–water partition coefficient (Wildman–Crippen LogP) is 4.13. The van der Waals surface area contributed by atoms with E-state index < -0.39 is 50.6 Å². The topological polar surface area (TPSA) is 46.2 Å². The molecule has 1 N–H and O–H groups in total. The lowest BCUT2D eigenvalue weighted by molar-refractivity contribution is -0.382. The van der Waals surface area contributed by atoms with Crippen molar-refractivity contribution in [2.24, 2.45) is 0 Å². The Hall–Kier alpha value is -1.80. The summed E-state index contributed by atoms with van der Waals surface area (Å²) in [5.41, 5.74) is -1.46. The number of halogens is 11. The third-order valence-corrected chi connectivity index (χ3v) is 4.00. The number of hydrogen-bond donors (Lipinski definition) is 1. The number of sulfonamides is 1. The first kappa shape index (κ1) is 21.2. The van der Waals surface area contributed by atoms with Crippen LogP contribution in [0.3, 0.4) is 0 Å². The Morgan fingerprint density at radius 1 is 0.720 bits per heavy atom. The van der Waals surface area contributed by atoms with Gasteiger partial charge >= 0.3 is 33.3 Å². The zero-order chi connectivity index (χ0) is 20.1. The van der Waals surface area contributed by atoms with Gasteiger partial charge in [0.2, 0.25) is 0 Å². The monoisotopic (exact) mass is 411 g/mol. The summed E-state index contributed by atoms with van der Waals surface area (Å²) in [6, 6.07) is 0.0653. The molecule has 0 amide bonds. The van der Waals surface area contributed by atoms with Crippen molar-refractivity contribution in [2.75, 3.05) is 4.72 Å². The molecule has 0 aliphatic heterocycles. The van der Waals surface area contributed by atoms with Crippen LogP contribution in [-0.4, -0.2) is 31.7 Å². The predicted molar refractivity (Wildman–Crippen MR) is 59.8 cm³/mol. The quantitative estimate of drug-likeness (QED) is 0.741. The summed E-state index contributed by atoms with van der Waals surface area (Å²) < 4.78 is 162. The van der Waals surface area contributed by atoms with Crippen molar-refractivity contribution >= 4 is 15.7 Å². The lowest BCUT2D eigenvalue weighted by Crippen LogP contribution is -2.64. The minimum Gasteiger partial charge on any atom is -0.278 e. The van der Waals surface area contributed by atoms with Crippen LogP contribution in [0.4, 0.5) is 54.0 Å². The molecule has 0 aliphatic rings. The van der Waals surface area contributed by atoms with Crippen molar-refractivity contribution in [3.8, 4) is 0 Å². The Bertz CT molecular complexity index is 736. The molecule has 1 aromatic rings. The summed E-state index contributed by atoms with van der Waals surface area (Å²) in [7, 11) is -6.99. The molecule has 144 valence electrons. The van der Waals surface area contributed by atoms with Crippen LogP contribution >= 0.6 is 0 Å². The molecule has 15 heteroatoms. The van der Waals surface area contributed by atoms with Crippen molar-refractivity contribution in [1.29, 1.82) is 0 Å². The van der Waals surface area contributed by atoms with Crippen LogP contribution in [0.25, 0.3) is 0 Å². The highest BCUT2D eigenvalue weighted by atomic mass is 32.2. The lowest BCUT2D eigenvalue weighted by atomic mass is 10.1. The third kappa shape index (κ3) is 3.46. The van der Waals surface area contributed by atoms with Gasteiger partial charge in [-0.05, 0) is 12.1 Å². The highest BCUT2D eigenvalue weighted by Crippen LogP contribution is 2.54. The Morgan fingerprint density at radius 3 is 1.48 bits per heavy atom. The van der Waals surface area contributed by atoms with Crippen molar-refractivity contribution in [3.63, 3.8) is 0 Å². The lowest BCUT2D eigenvalue weighted by Gasteiger charge is -2.33. The van der Waals surface area contributed by atoms with E-state index in [-0.39, 0.29) is 18.2 Å². The van der Waals surface area contributed by atoms with E-state index in [0.29, 0.717) is 4.72 Å². The Balaban J connectivity index is 3.39. The molecular formula is C10H4F11NO2S. The molecule has 0 radical (unpaired) electrons. The highest BCUT2D eigenvalue weighted by Gasteiger charge is 2.85. The van der Waals surface area contributed by atoms with E-state index in [4.69, 9.17) is 0 Å². The molecular weight excluding hydrogens is 407 g/mol. The molecule has 0 aromatic heterocycles. The maximum atomic E-state index is 13.3. The van der Waals surface area contributed by atoms with E-state index in [1.165, 1.54) is 0 Å². The van der Waals surface area contributed by atoms with Crippen molar-refractivity contribution in [3.05, 3.63) is 29.8 Å². The van der Waals surface area contributed by atoms with Crippen molar-refractivity contribution in [2.45, 2.75) is 23.3 Å². The second-order valence-electron chi connectivity index (χ2n) is 4.43. The standard InChI is InChI=1S/C10H4F11NO2S/c11-4-1-5(12)3-6(2-4)22-25(23,24)10(20,21)8(15,16)7(13,14)9(17,18)19/h1-3,22H. The number of anilines is 1. The molecule has 0 fully saturated rings. The van der Waals surface area contributed by atoms with E-state index >= 15 is 0 Å². The van der Waals surface area contributed by atoms with Crippen LogP contribution in [0.5, 0.6) is 0 Å². The van der Waals surface area contributed by atoms with E-state index in [1.54, 1.807) is 0 Å². The van der Waals surface area contributed by atoms with Gasteiger partial charge in [0.05, 0.1) is 5.69 Å². The maximum Gasteiger partial charge on any atom is 0.460 e. The fraction of sp³-hybridized carbons (Fsp3) is 0.400. The zero-order valence-corrected chi connectivity index (χ0v) is 11.9. The fourth-order valence-electron chi connectivity index (χ4n) is 1.36. The Kier molecular flexibility index (Phi) is 4.99. The molecule has 0 unspecified atom stereocenters. The van der Waals surface area contributed by atoms with E-state index in [9.17, 15) is 56.7 Å². The number of hydrogen-bond acceptors (Lipinski definition) is 2. The fourth-order valence-corrected chi connectivity index (χ4v) is 2.38. The summed E-state index contributed by atoms with van der Waals surface area (Å²) in [5, 5.41) is -7.01. The van der Waals surface area contributed by atoms with Gasteiger partial charge in [0.25, 0.3) is 0 Å². The molecule has 0 aliphatic carbocycles. The summed E-state index contributed by atoms with van der Waals surface area (Å²) in [6.07, 6.45) is -7.22. The van der Waals surface area contributed by atoms with Crippen molar-refractivity contribution < 1.29 is 56.7 Å². The van der Waals surface area contributed by atoms with Crippen molar-refractivity contribution in [1.82, 2.24) is 0 Å². The summed E-state index contributed by atoms with van der Waals surface area (Å²) in [6.45, 7) is 0. The van der Waals surface area contributed by atoms with Gasteiger partial charge in [-0.25, -0.2) is 8.78 Å². The van der Waals surface area contributed by atoms with Gasteiger partial charge in [0, 0.05) is 6.07 Å². The van der Waals surface area contributed by atoms with Gasteiger partial charge in [0.1, 0.15) is 11.6 Å². The molecule has 1 aromatic carbocycles. The normalized spacial score (nSPS) is 14.5. The van der Waals surface area contributed by atoms with E-state index in [0.717, 1.165) is 0 Å².